The second-order valence-corrected chi connectivity index (χ2v) is 4.32. The molecule has 2 rings (SSSR count). The number of carbonyl (C=O) groups excluding carboxylic acids is 1. The molecule has 1 aromatic rings. The third-order valence-electron chi connectivity index (χ3n) is 2.49. The summed E-state index contributed by atoms with van der Waals surface area (Å²) in [6.45, 7) is 2.07. The van der Waals surface area contributed by atoms with E-state index < -0.39 is 5.91 Å². The van der Waals surface area contributed by atoms with Crippen LogP contribution in [0.1, 0.15) is 34.3 Å². The lowest BCUT2D eigenvalue weighted by atomic mass is 9.95. The molecule has 5 heteroatoms. The smallest absolute Gasteiger partial charge is 0.277 e. The predicted octanol–water partition coefficient (Wildman–Crippen LogP) is 0.709. The second kappa shape index (κ2) is 4.06. The van der Waals surface area contributed by atoms with Crippen LogP contribution in [0, 0.1) is 0 Å². The minimum absolute atomic E-state index is 0.421. The van der Waals surface area contributed by atoms with Crippen LogP contribution in [0.4, 0.5) is 0 Å². The molecule has 0 aliphatic carbocycles. The van der Waals surface area contributed by atoms with E-state index in [2.05, 4.69) is 10.3 Å². The SMILES string of the molecule is NC(=O)c1nc(C2CCNCC2)cs1. The number of carbonyl (C=O) groups is 1. The van der Waals surface area contributed by atoms with Gasteiger partial charge in [0.05, 0.1) is 5.69 Å². The number of primary amides is 1. The molecule has 0 unspecified atom stereocenters. The van der Waals surface area contributed by atoms with Gasteiger partial charge in [-0.25, -0.2) is 4.98 Å². The van der Waals surface area contributed by atoms with E-state index in [0.717, 1.165) is 31.6 Å². The zero-order valence-electron chi connectivity index (χ0n) is 7.82. The first-order chi connectivity index (χ1) is 6.77. The first kappa shape index (κ1) is 9.61. The summed E-state index contributed by atoms with van der Waals surface area (Å²) in [4.78, 5) is 15.1. The van der Waals surface area contributed by atoms with Crippen molar-refractivity contribution in [3.8, 4) is 0 Å². The monoisotopic (exact) mass is 211 g/mol. The van der Waals surface area contributed by atoms with E-state index in [-0.39, 0.29) is 0 Å². The molecule has 1 aliphatic rings. The number of hydrogen-bond acceptors (Lipinski definition) is 4. The Morgan fingerprint density at radius 3 is 2.86 bits per heavy atom. The van der Waals surface area contributed by atoms with E-state index in [4.69, 9.17) is 5.73 Å². The predicted molar refractivity (Wildman–Crippen MR) is 55.5 cm³/mol. The highest BCUT2D eigenvalue weighted by Crippen LogP contribution is 2.26. The van der Waals surface area contributed by atoms with Gasteiger partial charge in [-0.15, -0.1) is 11.3 Å². The van der Waals surface area contributed by atoms with Crippen molar-refractivity contribution in [3.63, 3.8) is 0 Å². The molecule has 1 aliphatic heterocycles. The number of rotatable bonds is 2. The first-order valence-electron chi connectivity index (χ1n) is 4.73. The molecule has 0 aromatic carbocycles. The maximum Gasteiger partial charge on any atom is 0.277 e. The van der Waals surface area contributed by atoms with Gasteiger partial charge in [0.15, 0.2) is 5.01 Å². The van der Waals surface area contributed by atoms with Crippen LogP contribution in [0.25, 0.3) is 0 Å². The average Bonchev–Trinajstić information content (AvgIpc) is 2.68. The van der Waals surface area contributed by atoms with Crippen LogP contribution in [0.3, 0.4) is 0 Å². The minimum atomic E-state index is -0.421. The van der Waals surface area contributed by atoms with Crippen molar-refractivity contribution in [2.45, 2.75) is 18.8 Å². The summed E-state index contributed by atoms with van der Waals surface area (Å²) in [5, 5.41) is 5.68. The zero-order valence-corrected chi connectivity index (χ0v) is 8.64. The topological polar surface area (TPSA) is 68.0 Å². The Balaban J connectivity index is 2.11. The van der Waals surface area contributed by atoms with Crippen molar-refractivity contribution in [1.29, 1.82) is 0 Å². The lowest BCUT2D eigenvalue weighted by Gasteiger charge is -2.20. The van der Waals surface area contributed by atoms with Gasteiger partial charge >= 0.3 is 0 Å². The molecule has 14 heavy (non-hydrogen) atoms. The van der Waals surface area contributed by atoms with Crippen LogP contribution in [0.2, 0.25) is 0 Å². The summed E-state index contributed by atoms with van der Waals surface area (Å²) >= 11 is 1.35. The normalized spacial score (nSPS) is 18.3. The number of hydrogen-bond donors (Lipinski definition) is 2. The van der Waals surface area contributed by atoms with Gasteiger partial charge in [0.1, 0.15) is 0 Å². The first-order valence-corrected chi connectivity index (χ1v) is 5.61. The highest BCUT2D eigenvalue weighted by atomic mass is 32.1. The lowest BCUT2D eigenvalue weighted by Crippen LogP contribution is -2.26. The number of aromatic nitrogens is 1. The lowest BCUT2D eigenvalue weighted by molar-refractivity contribution is 0.0999. The third kappa shape index (κ3) is 1.93. The molecule has 76 valence electrons. The van der Waals surface area contributed by atoms with Gasteiger partial charge < -0.3 is 11.1 Å². The molecule has 1 fully saturated rings. The number of nitrogens with one attached hydrogen (secondary N) is 1. The zero-order chi connectivity index (χ0) is 9.97. The summed E-state index contributed by atoms with van der Waals surface area (Å²) in [7, 11) is 0. The van der Waals surface area contributed by atoms with Gasteiger partial charge in [0.2, 0.25) is 0 Å². The summed E-state index contributed by atoms with van der Waals surface area (Å²) in [6, 6.07) is 0. The van der Waals surface area contributed by atoms with Gasteiger partial charge in [-0.2, -0.15) is 0 Å². The van der Waals surface area contributed by atoms with E-state index in [9.17, 15) is 4.79 Å². The summed E-state index contributed by atoms with van der Waals surface area (Å²) in [5.74, 6) is 0.0794. The van der Waals surface area contributed by atoms with Gasteiger partial charge in [-0.1, -0.05) is 0 Å². The molecule has 0 bridgehead atoms. The summed E-state index contributed by atoms with van der Waals surface area (Å²) in [5.41, 5.74) is 6.19. The van der Waals surface area contributed by atoms with Crippen LogP contribution in [-0.4, -0.2) is 24.0 Å². The standard InChI is InChI=1S/C9H13N3OS/c10-8(13)9-12-7(5-14-9)6-1-3-11-4-2-6/h5-6,11H,1-4H2,(H2,10,13). The van der Waals surface area contributed by atoms with Crippen LogP contribution >= 0.6 is 11.3 Å². The molecule has 2 heterocycles. The Labute approximate surface area is 86.5 Å². The molecule has 0 atom stereocenters. The Kier molecular flexibility index (Phi) is 2.79. The van der Waals surface area contributed by atoms with Crippen molar-refractivity contribution < 1.29 is 4.79 Å². The van der Waals surface area contributed by atoms with Crippen LogP contribution in [-0.2, 0) is 0 Å². The fourth-order valence-electron chi connectivity index (χ4n) is 1.70. The molecule has 1 aromatic heterocycles. The third-order valence-corrected chi connectivity index (χ3v) is 3.37. The van der Waals surface area contributed by atoms with Crippen molar-refractivity contribution in [2.24, 2.45) is 5.73 Å². The van der Waals surface area contributed by atoms with Gasteiger partial charge in [0, 0.05) is 11.3 Å². The number of nitrogens with two attached hydrogens (primary N) is 1. The van der Waals surface area contributed by atoms with E-state index in [1.807, 2.05) is 5.38 Å². The van der Waals surface area contributed by atoms with Crippen molar-refractivity contribution in [3.05, 3.63) is 16.1 Å². The van der Waals surface area contributed by atoms with Crippen molar-refractivity contribution >= 4 is 17.2 Å². The summed E-state index contributed by atoms with van der Waals surface area (Å²) < 4.78 is 0. The highest BCUT2D eigenvalue weighted by Gasteiger charge is 2.18. The molecule has 4 nitrogen and oxygen atoms in total. The molecular formula is C9H13N3OS. The molecular weight excluding hydrogens is 198 g/mol. The Morgan fingerprint density at radius 1 is 1.57 bits per heavy atom. The van der Waals surface area contributed by atoms with E-state index in [1.165, 1.54) is 11.3 Å². The van der Waals surface area contributed by atoms with Crippen molar-refractivity contribution in [1.82, 2.24) is 10.3 Å². The van der Waals surface area contributed by atoms with Crippen LogP contribution < -0.4 is 11.1 Å². The average molecular weight is 211 g/mol. The van der Waals surface area contributed by atoms with Crippen molar-refractivity contribution in [2.75, 3.05) is 13.1 Å². The van der Waals surface area contributed by atoms with E-state index in [1.54, 1.807) is 0 Å². The largest absolute Gasteiger partial charge is 0.364 e. The Morgan fingerprint density at radius 2 is 2.29 bits per heavy atom. The fraction of sp³-hybridized carbons (Fsp3) is 0.556. The molecule has 1 amide bonds. The quantitative estimate of drug-likeness (QED) is 0.757. The molecule has 0 spiro atoms. The molecule has 3 N–H and O–H groups in total. The van der Waals surface area contributed by atoms with Gasteiger partial charge in [0.25, 0.3) is 5.91 Å². The Bertz CT molecular complexity index is 331. The second-order valence-electron chi connectivity index (χ2n) is 3.47. The number of piperidine rings is 1. The maximum absolute atomic E-state index is 10.9. The molecule has 0 saturated carbocycles. The van der Waals surface area contributed by atoms with E-state index >= 15 is 0 Å². The highest BCUT2D eigenvalue weighted by molar-refractivity contribution is 7.11. The van der Waals surface area contributed by atoms with E-state index in [0.29, 0.717) is 10.9 Å². The maximum atomic E-state index is 10.9. The molecule has 1 saturated heterocycles. The fourth-order valence-corrected chi connectivity index (χ4v) is 2.46. The summed E-state index contributed by atoms with van der Waals surface area (Å²) in [6.07, 6.45) is 2.20. The van der Waals surface area contributed by atoms with Gasteiger partial charge in [-0.05, 0) is 25.9 Å². The number of nitrogens with zero attached hydrogens (tertiary/aromatic N) is 1. The minimum Gasteiger partial charge on any atom is -0.364 e. The number of amides is 1. The van der Waals surface area contributed by atoms with Crippen LogP contribution in [0.15, 0.2) is 5.38 Å². The molecule has 0 radical (unpaired) electrons. The van der Waals surface area contributed by atoms with Gasteiger partial charge in [-0.3, -0.25) is 4.79 Å². The Hall–Kier alpha value is -0.940. The number of thiazole rings is 1. The van der Waals surface area contributed by atoms with Crippen LogP contribution in [0.5, 0.6) is 0 Å².